The van der Waals surface area contributed by atoms with Gasteiger partial charge >= 0.3 is 0 Å². The second-order valence-corrected chi connectivity index (χ2v) is 7.64. The largest absolute Gasteiger partial charge is 0.493 e. The summed E-state index contributed by atoms with van der Waals surface area (Å²) in [6.07, 6.45) is 2.45. The number of carbonyl (C=O) groups is 1. The van der Waals surface area contributed by atoms with Crippen molar-refractivity contribution in [1.29, 1.82) is 0 Å². The summed E-state index contributed by atoms with van der Waals surface area (Å²) in [6.45, 7) is 0. The molecule has 0 fully saturated rings. The summed E-state index contributed by atoms with van der Waals surface area (Å²) >= 11 is 0. The fraction of sp³-hybridized carbons (Fsp3) is 0.261. The van der Waals surface area contributed by atoms with Crippen LogP contribution >= 0.6 is 0 Å². The van der Waals surface area contributed by atoms with Gasteiger partial charge in [0.05, 0.1) is 14.2 Å². The minimum atomic E-state index is -0.437. The summed E-state index contributed by atoms with van der Waals surface area (Å²) in [5.74, 6) is 1.54. The predicted octanol–water partition coefficient (Wildman–Crippen LogP) is 3.85. The minimum Gasteiger partial charge on any atom is -0.493 e. The molecule has 2 heterocycles. The number of ketones is 1. The van der Waals surface area contributed by atoms with Crippen LogP contribution in [0.25, 0.3) is 0 Å². The molecule has 0 amide bonds. The number of fused-ring (bicyclic) bond motifs is 1. The van der Waals surface area contributed by atoms with Crippen molar-refractivity contribution in [2.24, 2.45) is 0 Å². The van der Waals surface area contributed by atoms with E-state index in [0.717, 1.165) is 16.8 Å². The van der Waals surface area contributed by atoms with Gasteiger partial charge in [0.25, 0.3) is 0 Å². The van der Waals surface area contributed by atoms with Crippen LogP contribution in [0.15, 0.2) is 60.1 Å². The van der Waals surface area contributed by atoms with E-state index >= 15 is 0 Å². The van der Waals surface area contributed by atoms with Gasteiger partial charge in [0.15, 0.2) is 17.3 Å². The van der Waals surface area contributed by atoms with Crippen LogP contribution < -0.4 is 14.8 Å². The Bertz CT molecular complexity index is 1190. The molecule has 1 aliphatic carbocycles. The van der Waals surface area contributed by atoms with E-state index in [0.29, 0.717) is 35.9 Å². The molecule has 0 saturated carbocycles. The average Bonchev–Trinajstić information content (AvgIpc) is 3.26. The topological polar surface area (TPSA) is 78.3 Å². The van der Waals surface area contributed by atoms with E-state index in [4.69, 9.17) is 9.47 Å². The predicted molar refractivity (Wildman–Crippen MR) is 112 cm³/mol. The zero-order valence-corrected chi connectivity index (χ0v) is 17.1. The Morgan fingerprint density at radius 3 is 2.52 bits per heavy atom. The van der Waals surface area contributed by atoms with Gasteiger partial charge < -0.3 is 14.8 Å². The molecule has 8 heteroatoms. The van der Waals surface area contributed by atoms with E-state index < -0.39 is 6.04 Å². The second-order valence-electron chi connectivity index (χ2n) is 7.64. The Morgan fingerprint density at radius 2 is 1.77 bits per heavy atom. The summed E-state index contributed by atoms with van der Waals surface area (Å²) in [4.78, 5) is 17.7. The number of nitrogens with zero attached hydrogens (tertiary/aromatic N) is 3. The lowest BCUT2D eigenvalue weighted by Crippen LogP contribution is -2.33. The maximum absolute atomic E-state index is 13.5. The molecule has 1 N–H and O–H groups in total. The van der Waals surface area contributed by atoms with Crippen LogP contribution in [-0.4, -0.2) is 34.8 Å². The number of carbonyl (C=O) groups excluding carboxylic acids is 1. The van der Waals surface area contributed by atoms with E-state index in [-0.39, 0.29) is 17.5 Å². The molecule has 2 atom stereocenters. The summed E-state index contributed by atoms with van der Waals surface area (Å²) in [5.41, 5.74) is 3.27. The highest BCUT2D eigenvalue weighted by molar-refractivity contribution is 6.00. The Labute approximate surface area is 178 Å². The molecule has 31 heavy (non-hydrogen) atoms. The van der Waals surface area contributed by atoms with E-state index in [2.05, 4.69) is 15.4 Å². The Kier molecular flexibility index (Phi) is 4.69. The molecule has 0 spiro atoms. The molecule has 2 aromatic carbocycles. The molecule has 0 unspecified atom stereocenters. The molecule has 0 bridgehead atoms. The van der Waals surface area contributed by atoms with Crippen LogP contribution in [0.3, 0.4) is 0 Å². The number of methoxy groups -OCH3 is 2. The van der Waals surface area contributed by atoms with Gasteiger partial charge in [0.1, 0.15) is 18.2 Å². The maximum atomic E-state index is 13.5. The number of rotatable bonds is 4. The maximum Gasteiger partial charge on any atom is 0.226 e. The molecule has 7 nitrogen and oxygen atoms in total. The first-order valence-electron chi connectivity index (χ1n) is 9.99. The lowest BCUT2D eigenvalue weighted by atomic mass is 9.78. The monoisotopic (exact) mass is 420 g/mol. The molecule has 3 aromatic rings. The SMILES string of the molecule is COc1ccc([C@H]2CC(=O)C3=C(C2)Nc2ncnn2[C@H]3c2ccc(F)cc2)cc1OC. The molecule has 5 rings (SSSR count). The Morgan fingerprint density at radius 1 is 1.03 bits per heavy atom. The van der Waals surface area contributed by atoms with Crippen molar-refractivity contribution in [2.75, 3.05) is 19.5 Å². The van der Waals surface area contributed by atoms with Crippen LogP contribution in [0.1, 0.15) is 35.9 Å². The summed E-state index contributed by atoms with van der Waals surface area (Å²) in [7, 11) is 3.19. The van der Waals surface area contributed by atoms with Gasteiger partial charge in [-0.25, -0.2) is 9.07 Å². The third-order valence-electron chi connectivity index (χ3n) is 5.93. The molecular weight excluding hydrogens is 399 g/mol. The average molecular weight is 420 g/mol. The normalized spacial score (nSPS) is 20.0. The number of allylic oxidation sites excluding steroid dienone is 2. The quantitative estimate of drug-likeness (QED) is 0.691. The van der Waals surface area contributed by atoms with Crippen LogP contribution in [0.2, 0.25) is 0 Å². The van der Waals surface area contributed by atoms with Gasteiger partial charge in [-0.1, -0.05) is 18.2 Å². The Balaban J connectivity index is 1.55. The van der Waals surface area contributed by atoms with Crippen molar-refractivity contribution in [3.05, 3.63) is 77.0 Å². The van der Waals surface area contributed by atoms with Gasteiger partial charge in [-0.05, 0) is 47.7 Å². The Hall–Kier alpha value is -3.68. The van der Waals surface area contributed by atoms with Crippen molar-refractivity contribution < 1.29 is 18.7 Å². The van der Waals surface area contributed by atoms with Gasteiger partial charge in [-0.15, -0.1) is 0 Å². The number of nitrogens with one attached hydrogen (secondary N) is 1. The van der Waals surface area contributed by atoms with Gasteiger partial charge in [0, 0.05) is 17.7 Å². The van der Waals surface area contributed by atoms with Crippen molar-refractivity contribution >= 4 is 11.7 Å². The third-order valence-corrected chi connectivity index (χ3v) is 5.93. The number of Topliss-reactive ketones (excluding diaryl/α,β-unsaturated/α-hetero) is 1. The zero-order valence-electron chi connectivity index (χ0n) is 17.1. The summed E-state index contributed by atoms with van der Waals surface area (Å²) in [5, 5.41) is 7.60. The highest BCUT2D eigenvalue weighted by atomic mass is 19.1. The molecule has 2 aliphatic rings. The lowest BCUT2D eigenvalue weighted by Gasteiger charge is -2.35. The first kappa shape index (κ1) is 19.3. The standard InChI is InChI=1S/C23H21FN4O3/c1-30-19-8-5-14(11-20(19)31-2)15-9-17-21(18(29)10-15)22(13-3-6-16(24)7-4-13)28-23(27-17)25-12-26-28/h3-8,11-12,15,22H,9-10H2,1-2H3,(H,25,26,27)/t15-,22+/m1/s1. The molecule has 158 valence electrons. The first-order chi connectivity index (χ1) is 15.1. The molecule has 1 aliphatic heterocycles. The van der Waals surface area contributed by atoms with E-state index in [9.17, 15) is 9.18 Å². The fourth-order valence-electron chi connectivity index (χ4n) is 4.45. The number of hydrogen-bond acceptors (Lipinski definition) is 6. The van der Waals surface area contributed by atoms with Crippen LogP contribution in [-0.2, 0) is 4.79 Å². The van der Waals surface area contributed by atoms with Crippen molar-refractivity contribution in [2.45, 2.75) is 24.8 Å². The van der Waals surface area contributed by atoms with Crippen molar-refractivity contribution in [1.82, 2.24) is 14.8 Å². The van der Waals surface area contributed by atoms with Crippen molar-refractivity contribution in [3.8, 4) is 11.5 Å². The van der Waals surface area contributed by atoms with Crippen molar-refractivity contribution in [3.63, 3.8) is 0 Å². The number of halogens is 1. The second kappa shape index (κ2) is 7.54. The van der Waals surface area contributed by atoms with Gasteiger partial charge in [-0.2, -0.15) is 10.1 Å². The van der Waals surface area contributed by atoms with Crippen LogP contribution in [0, 0.1) is 5.82 Å². The number of ether oxygens (including phenoxy) is 2. The smallest absolute Gasteiger partial charge is 0.226 e. The highest BCUT2D eigenvalue weighted by Crippen LogP contribution is 2.44. The minimum absolute atomic E-state index is 0.0121. The van der Waals surface area contributed by atoms with Gasteiger partial charge in [0.2, 0.25) is 5.95 Å². The van der Waals surface area contributed by atoms with Gasteiger partial charge in [-0.3, -0.25) is 4.79 Å². The molecule has 0 radical (unpaired) electrons. The van der Waals surface area contributed by atoms with E-state index in [1.807, 2.05) is 18.2 Å². The summed E-state index contributed by atoms with van der Waals surface area (Å²) < 4.78 is 26.0. The zero-order chi connectivity index (χ0) is 21.5. The third kappa shape index (κ3) is 3.24. The molecule has 1 aromatic heterocycles. The first-order valence-corrected chi connectivity index (χ1v) is 9.99. The number of anilines is 1. The van der Waals surface area contributed by atoms with E-state index in [1.165, 1.54) is 18.5 Å². The number of aromatic nitrogens is 3. The highest BCUT2D eigenvalue weighted by Gasteiger charge is 2.39. The lowest BCUT2D eigenvalue weighted by molar-refractivity contribution is -0.116. The van der Waals surface area contributed by atoms with E-state index in [1.54, 1.807) is 31.0 Å². The summed E-state index contributed by atoms with van der Waals surface area (Å²) in [6, 6.07) is 11.5. The van der Waals surface area contributed by atoms with Crippen LogP contribution in [0.4, 0.5) is 10.3 Å². The molecule has 0 saturated heterocycles. The fourth-order valence-corrected chi connectivity index (χ4v) is 4.45. The van der Waals surface area contributed by atoms with Crippen LogP contribution in [0.5, 0.6) is 11.5 Å². The number of hydrogen-bond donors (Lipinski definition) is 1. The number of benzene rings is 2. The molecular formula is C23H21FN4O3.